The highest BCUT2D eigenvalue weighted by atomic mass is 16.1. The predicted octanol–water partition coefficient (Wildman–Crippen LogP) is 5.03. The molecule has 0 saturated heterocycles. The molecule has 0 spiro atoms. The van der Waals surface area contributed by atoms with Crippen molar-refractivity contribution in [1.29, 1.82) is 0 Å². The zero-order valence-electron chi connectivity index (χ0n) is 16.4. The Balaban J connectivity index is 1.67. The van der Waals surface area contributed by atoms with Gasteiger partial charge in [0.15, 0.2) is 0 Å². The molecule has 0 amide bonds. The van der Waals surface area contributed by atoms with Gasteiger partial charge in [0, 0.05) is 47.6 Å². The lowest BCUT2D eigenvalue weighted by Gasteiger charge is -2.07. The van der Waals surface area contributed by atoms with Gasteiger partial charge in [-0.3, -0.25) is 24.7 Å². The Kier molecular flexibility index (Phi) is 4.96. The zero-order chi connectivity index (χ0) is 20.4. The molecule has 4 rings (SSSR count). The quantitative estimate of drug-likeness (QED) is 0.359. The van der Waals surface area contributed by atoms with Crippen LogP contribution < -0.4 is 0 Å². The van der Waals surface area contributed by atoms with Crippen molar-refractivity contribution in [3.05, 3.63) is 78.4 Å². The summed E-state index contributed by atoms with van der Waals surface area (Å²) in [6.07, 6.45) is 7.42. The number of benzene rings is 1. The summed E-state index contributed by atoms with van der Waals surface area (Å²) in [7, 11) is 0. The van der Waals surface area contributed by atoms with E-state index in [2.05, 4.69) is 26.5 Å². The Bertz CT molecular complexity index is 1290. The average Bonchev–Trinajstić information content (AvgIpc) is 2.71. The first-order valence-electron chi connectivity index (χ1n) is 9.33. The first-order chi connectivity index (χ1) is 14.0. The number of rotatable bonds is 5. The van der Waals surface area contributed by atoms with Crippen molar-refractivity contribution in [1.82, 2.24) is 15.0 Å². The van der Waals surface area contributed by atoms with Crippen LogP contribution in [0.3, 0.4) is 0 Å². The first-order valence-corrected chi connectivity index (χ1v) is 9.33. The molecule has 0 unspecified atom stereocenters. The van der Waals surface area contributed by atoms with Crippen LogP contribution in [0.15, 0.2) is 66.6 Å². The minimum Gasteiger partial charge on any atom is -0.300 e. The number of aliphatic imine (C=N–C) groups is 1. The van der Waals surface area contributed by atoms with Gasteiger partial charge in [0.2, 0.25) is 0 Å². The highest BCUT2D eigenvalue weighted by Gasteiger charge is 2.08. The molecule has 0 saturated carbocycles. The van der Waals surface area contributed by atoms with E-state index in [1.165, 1.54) is 0 Å². The van der Waals surface area contributed by atoms with Gasteiger partial charge in [-0.05, 0) is 49.2 Å². The molecule has 5 heteroatoms. The van der Waals surface area contributed by atoms with E-state index in [0.717, 1.165) is 49.9 Å². The number of Topliss-reactive ketones (excluding diaryl/α,β-unsaturated/α-hetero) is 1. The molecule has 4 aromatic rings. The molecule has 142 valence electrons. The van der Waals surface area contributed by atoms with Gasteiger partial charge >= 0.3 is 0 Å². The van der Waals surface area contributed by atoms with Gasteiger partial charge in [0.1, 0.15) is 5.78 Å². The van der Waals surface area contributed by atoms with E-state index in [4.69, 9.17) is 0 Å². The van der Waals surface area contributed by atoms with Crippen molar-refractivity contribution >= 4 is 45.1 Å². The van der Waals surface area contributed by atoms with Gasteiger partial charge in [-0.1, -0.05) is 18.7 Å². The number of ketones is 1. The number of carbonyl (C=O) groups is 1. The van der Waals surface area contributed by atoms with Crippen molar-refractivity contribution in [3.63, 3.8) is 0 Å². The summed E-state index contributed by atoms with van der Waals surface area (Å²) in [5.41, 5.74) is 5.92. The average molecular weight is 380 g/mol. The normalized spacial score (nSPS) is 11.4. The summed E-state index contributed by atoms with van der Waals surface area (Å²) < 4.78 is 0. The van der Waals surface area contributed by atoms with Crippen molar-refractivity contribution in [2.45, 2.75) is 20.3 Å². The number of allylic oxidation sites excluding steroid dienone is 1. The third-order valence-corrected chi connectivity index (χ3v) is 4.72. The Morgan fingerprint density at radius 1 is 1.07 bits per heavy atom. The van der Waals surface area contributed by atoms with Crippen molar-refractivity contribution in [2.75, 3.05) is 0 Å². The van der Waals surface area contributed by atoms with Crippen molar-refractivity contribution in [3.8, 4) is 0 Å². The lowest BCUT2D eigenvalue weighted by atomic mass is 10.0. The molecule has 0 fully saturated rings. The maximum atomic E-state index is 11.4. The zero-order valence-corrected chi connectivity index (χ0v) is 16.4. The molecule has 3 aromatic heterocycles. The van der Waals surface area contributed by atoms with E-state index in [1.807, 2.05) is 43.3 Å². The fourth-order valence-corrected chi connectivity index (χ4v) is 3.23. The molecule has 0 N–H and O–H groups in total. The number of pyridine rings is 3. The number of hydrogen-bond acceptors (Lipinski definition) is 5. The lowest BCUT2D eigenvalue weighted by Crippen LogP contribution is -1.97. The predicted molar refractivity (Wildman–Crippen MR) is 118 cm³/mol. The van der Waals surface area contributed by atoms with Crippen LogP contribution in [0.4, 0.5) is 5.69 Å². The Morgan fingerprint density at radius 2 is 1.79 bits per heavy atom. The molecule has 0 radical (unpaired) electrons. The third-order valence-electron chi connectivity index (χ3n) is 4.72. The minimum atomic E-state index is 0.122. The van der Waals surface area contributed by atoms with Crippen LogP contribution in [0.25, 0.3) is 27.4 Å². The Hall–Kier alpha value is -3.73. The largest absolute Gasteiger partial charge is 0.300 e. The second-order valence-corrected chi connectivity index (χ2v) is 7.05. The van der Waals surface area contributed by atoms with Gasteiger partial charge in [-0.25, -0.2) is 0 Å². The van der Waals surface area contributed by atoms with E-state index >= 15 is 0 Å². The standard InChI is InChI=1S/C24H20N4O/c1-15(12-26-22-5-4-8-25-17(22)3)21-11-20-7-6-19-10-18(9-16(2)29)13-27-23(19)24(20)28-14-21/h4-8,10-14H,1,9H2,2-3H3/b26-12-. The molecule has 0 aliphatic carbocycles. The van der Waals surface area contributed by atoms with Crippen LogP contribution in [-0.4, -0.2) is 26.9 Å². The summed E-state index contributed by atoms with van der Waals surface area (Å²) in [5, 5.41) is 1.96. The SMILES string of the molecule is C=C(/C=N\c1cccnc1C)c1cnc2c(ccc3cc(CC(C)=O)cnc32)c1. The molecule has 3 heterocycles. The van der Waals surface area contributed by atoms with Crippen LogP contribution in [0.2, 0.25) is 0 Å². The van der Waals surface area contributed by atoms with E-state index < -0.39 is 0 Å². The van der Waals surface area contributed by atoms with Crippen LogP contribution in [0, 0.1) is 6.92 Å². The highest BCUT2D eigenvalue weighted by Crippen LogP contribution is 2.25. The highest BCUT2D eigenvalue weighted by molar-refractivity contribution is 6.11. The summed E-state index contributed by atoms with van der Waals surface area (Å²) in [6.45, 7) is 7.63. The lowest BCUT2D eigenvalue weighted by molar-refractivity contribution is -0.116. The number of hydrogen-bond donors (Lipinski definition) is 0. The van der Waals surface area contributed by atoms with Crippen LogP contribution in [0.5, 0.6) is 0 Å². The number of nitrogens with zero attached hydrogens (tertiary/aromatic N) is 4. The molecular weight excluding hydrogens is 360 g/mol. The molecule has 29 heavy (non-hydrogen) atoms. The Labute approximate surface area is 168 Å². The van der Waals surface area contributed by atoms with Crippen molar-refractivity contribution < 1.29 is 4.79 Å². The third kappa shape index (κ3) is 3.94. The molecule has 0 bridgehead atoms. The second-order valence-electron chi connectivity index (χ2n) is 7.05. The van der Waals surface area contributed by atoms with Gasteiger partial charge in [-0.15, -0.1) is 0 Å². The fraction of sp³-hybridized carbons (Fsp3) is 0.125. The van der Waals surface area contributed by atoms with Crippen LogP contribution >= 0.6 is 0 Å². The minimum absolute atomic E-state index is 0.122. The van der Waals surface area contributed by atoms with Gasteiger partial charge in [-0.2, -0.15) is 0 Å². The first kappa shape index (κ1) is 18.6. The second kappa shape index (κ2) is 7.72. The molecule has 0 aliphatic rings. The maximum Gasteiger partial charge on any atom is 0.134 e. The Morgan fingerprint density at radius 3 is 2.52 bits per heavy atom. The summed E-state index contributed by atoms with van der Waals surface area (Å²) in [5.74, 6) is 0.122. The van der Waals surface area contributed by atoms with E-state index in [0.29, 0.717) is 6.42 Å². The van der Waals surface area contributed by atoms with Crippen molar-refractivity contribution in [2.24, 2.45) is 4.99 Å². The molecule has 0 atom stereocenters. The molecule has 1 aromatic carbocycles. The molecule has 5 nitrogen and oxygen atoms in total. The van der Waals surface area contributed by atoms with Gasteiger partial charge in [0.25, 0.3) is 0 Å². The molecular formula is C24H20N4O. The van der Waals surface area contributed by atoms with E-state index in [1.54, 1.807) is 31.7 Å². The maximum absolute atomic E-state index is 11.4. The fourth-order valence-electron chi connectivity index (χ4n) is 3.23. The smallest absolute Gasteiger partial charge is 0.134 e. The van der Waals surface area contributed by atoms with Crippen LogP contribution in [-0.2, 0) is 11.2 Å². The van der Waals surface area contributed by atoms with Gasteiger partial charge < -0.3 is 0 Å². The summed E-state index contributed by atoms with van der Waals surface area (Å²) >= 11 is 0. The van der Waals surface area contributed by atoms with Crippen LogP contribution in [0.1, 0.15) is 23.7 Å². The number of aromatic nitrogens is 3. The van der Waals surface area contributed by atoms with Gasteiger partial charge in [0.05, 0.1) is 22.4 Å². The number of carbonyl (C=O) groups excluding carboxylic acids is 1. The van der Waals surface area contributed by atoms with E-state index in [9.17, 15) is 4.79 Å². The summed E-state index contributed by atoms with van der Waals surface area (Å²) in [6, 6.07) is 11.8. The molecule has 0 aliphatic heterocycles. The summed E-state index contributed by atoms with van der Waals surface area (Å²) in [4.78, 5) is 29.3. The number of aryl methyl sites for hydroxylation is 1. The topological polar surface area (TPSA) is 68.1 Å². The number of fused-ring (bicyclic) bond motifs is 3. The monoisotopic (exact) mass is 380 g/mol. The van der Waals surface area contributed by atoms with E-state index in [-0.39, 0.29) is 5.78 Å².